The number of halogens is 4. The fourth-order valence-corrected chi connectivity index (χ4v) is 3.73. The fraction of sp³-hybridized carbons (Fsp3) is 0.200. The van der Waals surface area contributed by atoms with Crippen LogP contribution < -0.4 is 11.2 Å². The first-order valence-electron chi connectivity index (χ1n) is 8.72. The lowest BCUT2D eigenvalue weighted by Crippen LogP contribution is -2.22. The maximum Gasteiger partial charge on any atom is 0.343 e. The highest BCUT2D eigenvalue weighted by molar-refractivity contribution is 9.10. The van der Waals surface area contributed by atoms with Gasteiger partial charge < -0.3 is 20.1 Å². The second-order valence-electron chi connectivity index (χ2n) is 6.41. The van der Waals surface area contributed by atoms with Gasteiger partial charge in [0.15, 0.2) is 11.6 Å². The number of nitrogens with zero attached hydrogens (tertiary/aromatic N) is 1. The Kier molecular flexibility index (Phi) is 5.91. The molecule has 0 aliphatic rings. The van der Waals surface area contributed by atoms with Crippen molar-refractivity contribution < 1.29 is 27.8 Å². The van der Waals surface area contributed by atoms with Gasteiger partial charge in [-0.2, -0.15) is 0 Å². The molecule has 0 atom stereocenters. The molecule has 3 aromatic rings. The van der Waals surface area contributed by atoms with Gasteiger partial charge in [-0.15, -0.1) is 0 Å². The van der Waals surface area contributed by atoms with E-state index >= 15 is 0 Å². The Balaban J connectivity index is 2.60. The molecule has 10 heteroatoms. The number of anilines is 1. The van der Waals surface area contributed by atoms with Crippen molar-refractivity contribution in [3.05, 3.63) is 67.2 Å². The summed E-state index contributed by atoms with van der Waals surface area (Å²) in [4.78, 5) is 25.3. The summed E-state index contributed by atoms with van der Waals surface area (Å²) in [6, 6.07) is 2.13. The zero-order chi connectivity index (χ0) is 22.3. The van der Waals surface area contributed by atoms with Crippen molar-refractivity contribution in [2.75, 3.05) is 12.3 Å². The molecule has 3 N–H and O–H groups in total. The van der Waals surface area contributed by atoms with Crippen LogP contribution in [0.4, 0.5) is 18.9 Å². The molecule has 3 rings (SSSR count). The summed E-state index contributed by atoms with van der Waals surface area (Å²) >= 11 is 2.96. The number of benzene rings is 2. The lowest BCUT2D eigenvalue weighted by molar-refractivity contribution is 0.0524. The van der Waals surface area contributed by atoms with E-state index in [0.717, 1.165) is 18.3 Å². The topological polar surface area (TPSA) is 94.6 Å². The number of aryl methyl sites for hydroxylation is 1. The van der Waals surface area contributed by atoms with Crippen molar-refractivity contribution in [2.45, 2.75) is 20.5 Å². The highest BCUT2D eigenvalue weighted by Gasteiger charge is 2.26. The molecule has 0 amide bonds. The van der Waals surface area contributed by atoms with E-state index in [0.29, 0.717) is 0 Å². The smallest absolute Gasteiger partial charge is 0.343 e. The average molecular weight is 485 g/mol. The molecule has 0 saturated carbocycles. The number of pyridine rings is 1. The summed E-state index contributed by atoms with van der Waals surface area (Å²) in [6.07, 6.45) is 1.07. The molecule has 1 aromatic heterocycles. The third-order valence-electron chi connectivity index (χ3n) is 4.63. The second kappa shape index (κ2) is 8.11. The van der Waals surface area contributed by atoms with Crippen LogP contribution in [0.2, 0.25) is 0 Å². The van der Waals surface area contributed by atoms with Gasteiger partial charge >= 0.3 is 5.97 Å². The molecule has 0 saturated heterocycles. The Morgan fingerprint density at radius 1 is 1.27 bits per heavy atom. The number of aliphatic hydroxyl groups is 1. The van der Waals surface area contributed by atoms with Crippen molar-refractivity contribution in [1.82, 2.24) is 4.57 Å². The van der Waals surface area contributed by atoms with Crippen LogP contribution in [-0.4, -0.2) is 22.2 Å². The number of fused-ring (bicyclic) bond motifs is 1. The minimum Gasteiger partial charge on any atom is -0.462 e. The van der Waals surface area contributed by atoms with Crippen LogP contribution in [-0.2, 0) is 11.3 Å². The van der Waals surface area contributed by atoms with Gasteiger partial charge in [-0.1, -0.05) is 0 Å². The average Bonchev–Trinajstić information content (AvgIpc) is 2.72. The van der Waals surface area contributed by atoms with Crippen molar-refractivity contribution >= 4 is 38.5 Å². The molecular formula is C20H16BrF3N2O4. The molecule has 0 bridgehead atoms. The Hall–Kier alpha value is -2.85. The lowest BCUT2D eigenvalue weighted by Gasteiger charge is -2.19. The Labute approximate surface area is 176 Å². The quantitative estimate of drug-likeness (QED) is 0.334. The van der Waals surface area contributed by atoms with Crippen LogP contribution in [0.1, 0.15) is 28.4 Å². The molecule has 1 heterocycles. The SMILES string of the molecule is CCOC(=O)c1cn(-c2cc(N)c(F)cc2CO)c2c(Br)c(F)c(F)c(C)c2c1=O. The summed E-state index contributed by atoms with van der Waals surface area (Å²) in [7, 11) is 0. The van der Waals surface area contributed by atoms with Crippen molar-refractivity contribution in [1.29, 1.82) is 0 Å². The van der Waals surface area contributed by atoms with Gasteiger partial charge in [0.25, 0.3) is 0 Å². The third-order valence-corrected chi connectivity index (χ3v) is 5.35. The Morgan fingerprint density at radius 3 is 2.53 bits per heavy atom. The second-order valence-corrected chi connectivity index (χ2v) is 7.21. The zero-order valence-electron chi connectivity index (χ0n) is 15.9. The molecule has 0 aliphatic carbocycles. The molecule has 0 spiro atoms. The number of esters is 1. The fourth-order valence-electron chi connectivity index (χ4n) is 3.17. The number of hydrogen-bond acceptors (Lipinski definition) is 5. The molecule has 0 radical (unpaired) electrons. The molecular weight excluding hydrogens is 469 g/mol. The summed E-state index contributed by atoms with van der Waals surface area (Å²) < 4.78 is 48.5. The van der Waals surface area contributed by atoms with Crippen LogP contribution in [0.15, 0.2) is 27.6 Å². The number of hydrogen-bond donors (Lipinski definition) is 2. The first-order valence-corrected chi connectivity index (χ1v) is 9.51. The minimum atomic E-state index is -1.26. The molecule has 0 aliphatic heterocycles. The van der Waals surface area contributed by atoms with Crippen molar-refractivity contribution in [2.24, 2.45) is 0 Å². The normalized spacial score (nSPS) is 11.2. The van der Waals surface area contributed by atoms with Crippen LogP contribution in [0.25, 0.3) is 16.6 Å². The van der Waals surface area contributed by atoms with E-state index in [1.165, 1.54) is 11.5 Å². The van der Waals surface area contributed by atoms with Gasteiger partial charge in [0.2, 0.25) is 5.43 Å². The van der Waals surface area contributed by atoms with Crippen LogP contribution >= 0.6 is 15.9 Å². The van der Waals surface area contributed by atoms with Gasteiger partial charge in [0, 0.05) is 17.3 Å². The van der Waals surface area contributed by atoms with E-state index < -0.39 is 41.0 Å². The number of aliphatic hydroxyl groups excluding tert-OH is 1. The van der Waals surface area contributed by atoms with E-state index in [4.69, 9.17) is 10.5 Å². The highest BCUT2D eigenvalue weighted by Crippen LogP contribution is 2.34. The summed E-state index contributed by atoms with van der Waals surface area (Å²) in [5.41, 5.74) is 3.72. The maximum absolute atomic E-state index is 14.5. The summed E-state index contributed by atoms with van der Waals surface area (Å²) in [5, 5.41) is 9.41. The van der Waals surface area contributed by atoms with Gasteiger partial charge in [-0.25, -0.2) is 18.0 Å². The van der Waals surface area contributed by atoms with E-state index in [2.05, 4.69) is 15.9 Å². The summed E-state index contributed by atoms with van der Waals surface area (Å²) in [5.74, 6) is -4.29. The van der Waals surface area contributed by atoms with Gasteiger partial charge in [0.05, 0.1) is 40.0 Å². The Morgan fingerprint density at radius 2 is 1.93 bits per heavy atom. The monoisotopic (exact) mass is 484 g/mol. The molecule has 0 unspecified atom stereocenters. The lowest BCUT2D eigenvalue weighted by atomic mass is 10.0. The van der Waals surface area contributed by atoms with Crippen molar-refractivity contribution in [3.8, 4) is 5.69 Å². The van der Waals surface area contributed by atoms with Gasteiger partial charge in [-0.3, -0.25) is 4.79 Å². The molecule has 0 fully saturated rings. The number of carbonyl (C=O) groups is 1. The predicted molar refractivity (Wildman–Crippen MR) is 108 cm³/mol. The van der Waals surface area contributed by atoms with E-state index in [1.807, 2.05) is 0 Å². The number of carbonyl (C=O) groups excluding carboxylic acids is 1. The van der Waals surface area contributed by atoms with E-state index in [1.54, 1.807) is 6.92 Å². The number of nitrogens with two attached hydrogens (primary N) is 1. The first-order chi connectivity index (χ1) is 14.1. The van der Waals surface area contributed by atoms with Crippen LogP contribution in [0, 0.1) is 24.4 Å². The maximum atomic E-state index is 14.5. The summed E-state index contributed by atoms with van der Waals surface area (Å²) in [6.45, 7) is 2.08. The molecule has 158 valence electrons. The number of rotatable bonds is 4. The number of aromatic nitrogens is 1. The standard InChI is InChI=1S/C20H16BrF3N2O4/c1-3-30-20(29)10-6-26(13-5-12(25)11(22)4-9(13)7-27)18-14(19(10)28)8(2)16(23)17(24)15(18)21/h4-6,27H,3,7,25H2,1-2H3. The van der Waals surface area contributed by atoms with Crippen molar-refractivity contribution in [3.63, 3.8) is 0 Å². The van der Waals surface area contributed by atoms with Gasteiger partial charge in [-0.05, 0) is 41.9 Å². The molecule has 30 heavy (non-hydrogen) atoms. The third kappa shape index (κ3) is 3.35. The Bertz CT molecular complexity index is 1260. The van der Waals surface area contributed by atoms with E-state index in [9.17, 15) is 27.9 Å². The molecule has 6 nitrogen and oxygen atoms in total. The zero-order valence-corrected chi connectivity index (χ0v) is 17.4. The van der Waals surface area contributed by atoms with Crippen LogP contribution in [0.5, 0.6) is 0 Å². The number of ether oxygens (including phenoxy) is 1. The highest BCUT2D eigenvalue weighted by atomic mass is 79.9. The first kappa shape index (κ1) is 21.8. The van der Waals surface area contributed by atoms with Gasteiger partial charge in [0.1, 0.15) is 11.4 Å². The largest absolute Gasteiger partial charge is 0.462 e. The predicted octanol–water partition coefficient (Wildman–Crippen LogP) is 3.73. The number of nitrogen functional groups attached to an aromatic ring is 1. The molecule has 2 aromatic carbocycles. The van der Waals surface area contributed by atoms with Crippen LogP contribution in [0.3, 0.4) is 0 Å². The van der Waals surface area contributed by atoms with E-state index in [-0.39, 0.29) is 44.5 Å². The minimum absolute atomic E-state index is 0.0256.